The Morgan fingerprint density at radius 2 is 2.16 bits per heavy atom. The summed E-state index contributed by atoms with van der Waals surface area (Å²) in [6.45, 7) is 6.88. The van der Waals surface area contributed by atoms with Crippen LogP contribution in [0.15, 0.2) is 18.2 Å². The zero-order valence-corrected chi connectivity index (χ0v) is 12.7. The van der Waals surface area contributed by atoms with Gasteiger partial charge in [0.05, 0.1) is 5.69 Å². The van der Waals surface area contributed by atoms with Crippen LogP contribution in [0.5, 0.6) is 0 Å². The molecule has 2 rings (SSSR count). The molecule has 2 nitrogen and oxygen atoms in total. The van der Waals surface area contributed by atoms with Gasteiger partial charge in [0.1, 0.15) is 10.8 Å². The van der Waals surface area contributed by atoms with Crippen molar-refractivity contribution >= 4 is 22.9 Å². The van der Waals surface area contributed by atoms with Gasteiger partial charge >= 0.3 is 0 Å². The van der Waals surface area contributed by atoms with Crippen LogP contribution < -0.4 is 5.32 Å². The van der Waals surface area contributed by atoms with Crippen LogP contribution >= 0.6 is 22.9 Å². The molecule has 0 fully saturated rings. The number of nitrogens with one attached hydrogen (secondary N) is 1. The van der Waals surface area contributed by atoms with Crippen LogP contribution in [0.4, 0.5) is 4.39 Å². The topological polar surface area (TPSA) is 24.9 Å². The summed E-state index contributed by atoms with van der Waals surface area (Å²) >= 11 is 7.42. The van der Waals surface area contributed by atoms with Crippen molar-refractivity contribution in [3.05, 3.63) is 39.6 Å². The minimum atomic E-state index is -0.290. The zero-order valence-electron chi connectivity index (χ0n) is 11.1. The molecule has 0 aliphatic rings. The van der Waals surface area contributed by atoms with E-state index in [4.69, 9.17) is 11.6 Å². The Hall–Kier alpha value is -0.970. The molecule has 0 radical (unpaired) electrons. The van der Waals surface area contributed by atoms with Crippen LogP contribution in [0.2, 0.25) is 5.02 Å². The Morgan fingerprint density at radius 1 is 1.42 bits per heavy atom. The van der Waals surface area contributed by atoms with Crippen molar-refractivity contribution in [1.82, 2.24) is 10.3 Å². The van der Waals surface area contributed by atoms with Crippen LogP contribution in [-0.2, 0) is 6.54 Å². The SMILES string of the molecule is Cc1nc(-c2cc(Cl)ccc2F)sc1CNC(C)C. The van der Waals surface area contributed by atoms with E-state index in [1.54, 1.807) is 12.1 Å². The molecule has 1 aromatic heterocycles. The van der Waals surface area contributed by atoms with E-state index < -0.39 is 0 Å². The second kappa shape index (κ2) is 5.99. The van der Waals surface area contributed by atoms with Crippen LogP contribution in [0.3, 0.4) is 0 Å². The number of benzene rings is 1. The molecule has 1 heterocycles. The van der Waals surface area contributed by atoms with Gasteiger partial charge in [0.15, 0.2) is 0 Å². The van der Waals surface area contributed by atoms with E-state index >= 15 is 0 Å². The Labute approximate surface area is 121 Å². The number of hydrogen-bond acceptors (Lipinski definition) is 3. The van der Waals surface area contributed by atoms with Crippen LogP contribution in [0.25, 0.3) is 10.6 Å². The molecule has 0 saturated heterocycles. The molecule has 0 atom stereocenters. The van der Waals surface area contributed by atoms with Crippen molar-refractivity contribution in [3.63, 3.8) is 0 Å². The van der Waals surface area contributed by atoms with Crippen LogP contribution in [0, 0.1) is 12.7 Å². The highest BCUT2D eigenvalue weighted by atomic mass is 35.5. The summed E-state index contributed by atoms with van der Waals surface area (Å²) in [5.74, 6) is -0.290. The highest BCUT2D eigenvalue weighted by molar-refractivity contribution is 7.15. The Kier molecular flexibility index (Phi) is 4.55. The molecular formula is C14H16ClFN2S. The van der Waals surface area contributed by atoms with Crippen molar-refractivity contribution < 1.29 is 4.39 Å². The fourth-order valence-corrected chi connectivity index (χ4v) is 2.87. The van der Waals surface area contributed by atoms with Gasteiger partial charge in [0.2, 0.25) is 0 Å². The molecule has 0 saturated carbocycles. The standard InChI is InChI=1S/C14H16ClFN2S/c1-8(2)17-7-13-9(3)18-14(19-13)11-6-10(15)4-5-12(11)16/h4-6,8,17H,7H2,1-3H3. The minimum absolute atomic E-state index is 0.290. The summed E-state index contributed by atoms with van der Waals surface area (Å²) < 4.78 is 13.8. The largest absolute Gasteiger partial charge is 0.310 e. The van der Waals surface area contributed by atoms with E-state index in [2.05, 4.69) is 24.1 Å². The fourth-order valence-electron chi connectivity index (χ4n) is 1.67. The number of halogens is 2. The molecule has 0 bridgehead atoms. The second-order valence-electron chi connectivity index (χ2n) is 4.69. The van der Waals surface area contributed by atoms with Crippen molar-refractivity contribution in [1.29, 1.82) is 0 Å². The Bertz CT molecular complexity index is 581. The normalized spacial score (nSPS) is 11.3. The molecular weight excluding hydrogens is 283 g/mol. The molecule has 102 valence electrons. The van der Waals surface area contributed by atoms with E-state index in [0.717, 1.165) is 17.1 Å². The predicted molar refractivity (Wildman–Crippen MR) is 79.2 cm³/mol. The van der Waals surface area contributed by atoms with E-state index in [-0.39, 0.29) is 5.82 Å². The molecule has 0 amide bonds. The first kappa shape index (κ1) is 14.4. The summed E-state index contributed by atoms with van der Waals surface area (Å²) in [5, 5.41) is 4.54. The van der Waals surface area contributed by atoms with Crippen molar-refractivity contribution in [3.8, 4) is 10.6 Å². The van der Waals surface area contributed by atoms with Crippen molar-refractivity contribution in [2.45, 2.75) is 33.4 Å². The van der Waals surface area contributed by atoms with Crippen molar-refractivity contribution in [2.24, 2.45) is 0 Å². The number of rotatable bonds is 4. The summed E-state index contributed by atoms with van der Waals surface area (Å²) in [5.41, 5.74) is 1.41. The van der Waals surface area contributed by atoms with Gasteiger partial charge in [-0.3, -0.25) is 0 Å². The number of hydrogen-bond donors (Lipinski definition) is 1. The zero-order chi connectivity index (χ0) is 14.0. The van der Waals surface area contributed by atoms with Gasteiger partial charge < -0.3 is 5.32 Å². The molecule has 0 unspecified atom stereocenters. The molecule has 5 heteroatoms. The molecule has 19 heavy (non-hydrogen) atoms. The maximum absolute atomic E-state index is 13.8. The summed E-state index contributed by atoms with van der Waals surface area (Å²) in [7, 11) is 0. The smallest absolute Gasteiger partial charge is 0.133 e. The van der Waals surface area contributed by atoms with Gasteiger partial charge in [-0.2, -0.15) is 0 Å². The molecule has 0 aliphatic carbocycles. The molecule has 0 aliphatic heterocycles. The third-order valence-electron chi connectivity index (χ3n) is 2.72. The number of aromatic nitrogens is 1. The monoisotopic (exact) mass is 298 g/mol. The molecule has 2 aromatic rings. The predicted octanol–water partition coefficient (Wildman–Crippen LogP) is 4.41. The molecule has 0 spiro atoms. The van der Waals surface area contributed by atoms with Gasteiger partial charge in [0, 0.05) is 28.0 Å². The van der Waals surface area contributed by atoms with Gasteiger partial charge in [-0.15, -0.1) is 11.3 Å². The third-order valence-corrected chi connectivity index (χ3v) is 4.15. The van der Waals surface area contributed by atoms with Gasteiger partial charge in [-0.25, -0.2) is 9.37 Å². The second-order valence-corrected chi connectivity index (χ2v) is 6.21. The summed E-state index contributed by atoms with van der Waals surface area (Å²) in [6, 6.07) is 4.95. The van der Waals surface area contributed by atoms with Gasteiger partial charge in [-0.05, 0) is 25.1 Å². The third kappa shape index (κ3) is 3.53. The maximum Gasteiger partial charge on any atom is 0.133 e. The maximum atomic E-state index is 13.8. The minimum Gasteiger partial charge on any atom is -0.310 e. The summed E-state index contributed by atoms with van der Waals surface area (Å²) in [4.78, 5) is 5.57. The average molecular weight is 299 g/mol. The summed E-state index contributed by atoms with van der Waals surface area (Å²) in [6.07, 6.45) is 0. The lowest BCUT2D eigenvalue weighted by Crippen LogP contribution is -2.21. The lowest BCUT2D eigenvalue weighted by Gasteiger charge is -2.05. The number of aryl methyl sites for hydroxylation is 1. The average Bonchev–Trinajstić information content (AvgIpc) is 2.71. The molecule has 1 N–H and O–H groups in total. The van der Waals surface area contributed by atoms with Crippen molar-refractivity contribution in [2.75, 3.05) is 0 Å². The van der Waals surface area contributed by atoms with E-state index in [1.165, 1.54) is 17.4 Å². The van der Waals surface area contributed by atoms with E-state index in [9.17, 15) is 4.39 Å². The van der Waals surface area contributed by atoms with E-state index in [0.29, 0.717) is 21.6 Å². The lowest BCUT2D eigenvalue weighted by molar-refractivity contribution is 0.591. The van der Waals surface area contributed by atoms with Gasteiger partial charge in [-0.1, -0.05) is 25.4 Å². The highest BCUT2D eigenvalue weighted by Gasteiger charge is 2.13. The Balaban J connectivity index is 2.31. The van der Waals surface area contributed by atoms with Crippen LogP contribution in [-0.4, -0.2) is 11.0 Å². The number of nitrogens with zero attached hydrogens (tertiary/aromatic N) is 1. The Morgan fingerprint density at radius 3 is 2.84 bits per heavy atom. The first-order valence-electron chi connectivity index (χ1n) is 6.12. The number of thiazole rings is 1. The van der Waals surface area contributed by atoms with E-state index in [1.807, 2.05) is 6.92 Å². The van der Waals surface area contributed by atoms with Gasteiger partial charge in [0.25, 0.3) is 0 Å². The first-order chi connectivity index (χ1) is 8.97. The van der Waals surface area contributed by atoms with Crippen LogP contribution in [0.1, 0.15) is 24.4 Å². The molecule has 1 aromatic carbocycles. The highest BCUT2D eigenvalue weighted by Crippen LogP contribution is 2.31. The quantitative estimate of drug-likeness (QED) is 0.904. The fraction of sp³-hybridized carbons (Fsp3) is 0.357. The first-order valence-corrected chi connectivity index (χ1v) is 7.32. The lowest BCUT2D eigenvalue weighted by atomic mass is 10.2.